The molecule has 2 N–H and O–H groups in total. The van der Waals surface area contributed by atoms with Gasteiger partial charge in [-0.25, -0.2) is 0 Å². The number of aliphatic hydroxyl groups excluding tert-OH is 1. The monoisotopic (exact) mass is 293 g/mol. The second-order valence-electron chi connectivity index (χ2n) is 6.85. The zero-order valence-corrected chi connectivity index (χ0v) is 13.4. The van der Waals surface area contributed by atoms with Crippen LogP contribution in [0.5, 0.6) is 0 Å². The third kappa shape index (κ3) is 3.84. The second kappa shape index (κ2) is 6.60. The molecule has 0 aromatic carbocycles. The Morgan fingerprint density at radius 1 is 1.48 bits per heavy atom. The van der Waals surface area contributed by atoms with Crippen molar-refractivity contribution in [1.29, 1.82) is 0 Å². The van der Waals surface area contributed by atoms with Gasteiger partial charge < -0.3 is 10.4 Å². The molecule has 2 rings (SSSR count). The molecule has 21 heavy (non-hydrogen) atoms. The number of hydrogen-bond acceptors (Lipinski definition) is 3. The predicted molar refractivity (Wildman–Crippen MR) is 82.3 cm³/mol. The van der Waals surface area contributed by atoms with Gasteiger partial charge in [0.2, 0.25) is 0 Å². The minimum absolute atomic E-state index is 0.0669. The molecule has 0 spiro atoms. The van der Waals surface area contributed by atoms with Crippen LogP contribution in [0, 0.1) is 12.3 Å². The summed E-state index contributed by atoms with van der Waals surface area (Å²) in [5, 5.41) is 16.4. The molecule has 1 aromatic heterocycles. The fourth-order valence-electron chi connectivity index (χ4n) is 2.97. The molecule has 1 fully saturated rings. The van der Waals surface area contributed by atoms with E-state index in [1.54, 1.807) is 6.20 Å². The summed E-state index contributed by atoms with van der Waals surface area (Å²) in [5.74, 6) is -0.0669. The third-order valence-corrected chi connectivity index (χ3v) is 4.48. The third-order valence-electron chi connectivity index (χ3n) is 4.48. The highest BCUT2D eigenvalue weighted by atomic mass is 16.3. The van der Waals surface area contributed by atoms with Crippen molar-refractivity contribution in [3.8, 4) is 0 Å². The average Bonchev–Trinajstić information content (AvgIpc) is 3.05. The first kappa shape index (κ1) is 16.0. The van der Waals surface area contributed by atoms with Gasteiger partial charge in [-0.3, -0.25) is 9.48 Å². The Labute approximate surface area is 126 Å². The molecule has 0 saturated heterocycles. The first-order valence-electron chi connectivity index (χ1n) is 7.88. The number of aliphatic hydroxyl groups is 1. The maximum atomic E-state index is 12.3. The van der Waals surface area contributed by atoms with E-state index in [1.165, 1.54) is 12.8 Å². The van der Waals surface area contributed by atoms with Crippen LogP contribution in [-0.2, 0) is 0 Å². The van der Waals surface area contributed by atoms with Crippen molar-refractivity contribution in [3.05, 3.63) is 17.5 Å². The molecule has 1 aliphatic carbocycles. The number of nitrogens with zero attached hydrogens (tertiary/aromatic N) is 2. The van der Waals surface area contributed by atoms with E-state index in [0.717, 1.165) is 18.5 Å². The number of aromatic nitrogens is 2. The van der Waals surface area contributed by atoms with E-state index in [4.69, 9.17) is 5.11 Å². The van der Waals surface area contributed by atoms with Gasteiger partial charge in [0.1, 0.15) is 0 Å². The van der Waals surface area contributed by atoms with E-state index in [9.17, 15) is 4.79 Å². The molecule has 1 amide bonds. The van der Waals surface area contributed by atoms with Crippen molar-refractivity contribution < 1.29 is 9.90 Å². The Kier molecular flexibility index (Phi) is 5.04. The number of carbonyl (C=O) groups excluding carboxylic acids is 1. The molecular formula is C16H27N3O2. The minimum Gasteiger partial charge on any atom is -0.396 e. The summed E-state index contributed by atoms with van der Waals surface area (Å²) in [6, 6.07) is 0.456. The highest BCUT2D eigenvalue weighted by Gasteiger charge is 2.24. The van der Waals surface area contributed by atoms with Crippen LogP contribution < -0.4 is 5.32 Å². The quantitative estimate of drug-likeness (QED) is 0.846. The number of amides is 1. The standard InChI is InChI=1S/C16H27N3O2/c1-12-14(10-18-19(12)13-6-4-5-7-13)15(21)17-11-16(2,3)8-9-20/h10,13,20H,4-9,11H2,1-3H3,(H,17,21). The van der Waals surface area contributed by atoms with Crippen molar-refractivity contribution in [2.24, 2.45) is 5.41 Å². The minimum atomic E-state index is -0.0975. The summed E-state index contributed by atoms with van der Waals surface area (Å²) in [6.45, 7) is 6.75. The highest BCUT2D eigenvalue weighted by molar-refractivity contribution is 5.95. The molecule has 1 aromatic rings. The molecule has 1 heterocycles. The molecule has 5 nitrogen and oxygen atoms in total. The van der Waals surface area contributed by atoms with E-state index in [-0.39, 0.29) is 17.9 Å². The molecular weight excluding hydrogens is 266 g/mol. The summed E-state index contributed by atoms with van der Waals surface area (Å²) >= 11 is 0. The number of hydrogen-bond donors (Lipinski definition) is 2. The van der Waals surface area contributed by atoms with Crippen molar-refractivity contribution in [2.45, 2.75) is 58.9 Å². The fraction of sp³-hybridized carbons (Fsp3) is 0.750. The van der Waals surface area contributed by atoms with Gasteiger partial charge in [-0.1, -0.05) is 26.7 Å². The molecule has 118 valence electrons. The van der Waals surface area contributed by atoms with Gasteiger partial charge in [-0.2, -0.15) is 5.10 Å². The summed E-state index contributed by atoms with van der Waals surface area (Å²) in [4.78, 5) is 12.3. The maximum absolute atomic E-state index is 12.3. The topological polar surface area (TPSA) is 67.2 Å². The number of nitrogens with one attached hydrogen (secondary N) is 1. The van der Waals surface area contributed by atoms with E-state index < -0.39 is 0 Å². The van der Waals surface area contributed by atoms with Gasteiger partial charge in [-0.05, 0) is 31.6 Å². The molecule has 1 saturated carbocycles. The molecule has 0 bridgehead atoms. The molecule has 0 atom stereocenters. The van der Waals surface area contributed by atoms with Crippen molar-refractivity contribution in [1.82, 2.24) is 15.1 Å². The van der Waals surface area contributed by atoms with Gasteiger partial charge in [0.05, 0.1) is 17.8 Å². The Balaban J connectivity index is 2.00. The Hall–Kier alpha value is -1.36. The van der Waals surface area contributed by atoms with Gasteiger partial charge in [0.15, 0.2) is 0 Å². The lowest BCUT2D eigenvalue weighted by Gasteiger charge is -2.23. The van der Waals surface area contributed by atoms with Crippen molar-refractivity contribution in [3.63, 3.8) is 0 Å². The molecule has 0 radical (unpaired) electrons. The summed E-state index contributed by atoms with van der Waals surface area (Å²) < 4.78 is 2.01. The largest absolute Gasteiger partial charge is 0.396 e. The van der Waals surface area contributed by atoms with Crippen LogP contribution in [0.2, 0.25) is 0 Å². The van der Waals surface area contributed by atoms with Crippen molar-refractivity contribution in [2.75, 3.05) is 13.2 Å². The van der Waals surface area contributed by atoms with Crippen LogP contribution in [0.4, 0.5) is 0 Å². The van der Waals surface area contributed by atoms with Crippen LogP contribution in [0.3, 0.4) is 0 Å². The van der Waals surface area contributed by atoms with Crippen LogP contribution >= 0.6 is 0 Å². The molecule has 0 unspecified atom stereocenters. The van der Waals surface area contributed by atoms with Gasteiger partial charge >= 0.3 is 0 Å². The smallest absolute Gasteiger partial charge is 0.254 e. The van der Waals surface area contributed by atoms with Crippen LogP contribution in [0.15, 0.2) is 6.20 Å². The van der Waals surface area contributed by atoms with E-state index in [1.807, 2.05) is 25.5 Å². The summed E-state index contributed by atoms with van der Waals surface area (Å²) in [6.07, 6.45) is 7.18. The van der Waals surface area contributed by atoms with Crippen molar-refractivity contribution >= 4 is 5.91 Å². The van der Waals surface area contributed by atoms with Crippen LogP contribution in [-0.4, -0.2) is 33.9 Å². The Morgan fingerprint density at radius 2 is 2.14 bits per heavy atom. The fourth-order valence-corrected chi connectivity index (χ4v) is 2.97. The SMILES string of the molecule is Cc1c(C(=O)NCC(C)(C)CCO)cnn1C1CCCC1. The highest BCUT2D eigenvalue weighted by Crippen LogP contribution is 2.30. The number of carbonyl (C=O) groups is 1. The van der Waals surface area contributed by atoms with Crippen LogP contribution in [0.1, 0.15) is 68.0 Å². The first-order chi connectivity index (χ1) is 9.94. The lowest BCUT2D eigenvalue weighted by atomic mass is 9.89. The molecule has 0 aliphatic heterocycles. The Morgan fingerprint density at radius 3 is 2.76 bits per heavy atom. The van der Waals surface area contributed by atoms with E-state index >= 15 is 0 Å². The second-order valence-corrected chi connectivity index (χ2v) is 6.85. The van der Waals surface area contributed by atoms with E-state index in [0.29, 0.717) is 24.6 Å². The van der Waals surface area contributed by atoms with Gasteiger partial charge in [0.25, 0.3) is 5.91 Å². The zero-order chi connectivity index (χ0) is 15.5. The van der Waals surface area contributed by atoms with Crippen LogP contribution in [0.25, 0.3) is 0 Å². The van der Waals surface area contributed by atoms with Gasteiger partial charge in [0, 0.05) is 18.8 Å². The van der Waals surface area contributed by atoms with Gasteiger partial charge in [-0.15, -0.1) is 0 Å². The summed E-state index contributed by atoms with van der Waals surface area (Å²) in [7, 11) is 0. The normalized spacial score (nSPS) is 16.4. The average molecular weight is 293 g/mol. The molecule has 1 aliphatic rings. The van der Waals surface area contributed by atoms with E-state index in [2.05, 4.69) is 10.4 Å². The summed E-state index contributed by atoms with van der Waals surface area (Å²) in [5.41, 5.74) is 1.53. The lowest BCUT2D eigenvalue weighted by molar-refractivity contribution is 0.0927. The Bertz CT molecular complexity index is 488. The number of rotatable bonds is 6. The predicted octanol–water partition coefficient (Wildman–Crippen LogP) is 2.45. The lowest BCUT2D eigenvalue weighted by Crippen LogP contribution is -2.34. The zero-order valence-electron chi connectivity index (χ0n) is 13.4. The first-order valence-corrected chi connectivity index (χ1v) is 7.88. The maximum Gasteiger partial charge on any atom is 0.254 e. The molecule has 5 heteroatoms.